The standard InChI is InChI=1S/C13H24N2O3/c1-10(12(16)17)6-5-8-14-13(18)15-9-4-3-7-11(15)2/h10-11H,3-9H2,1-2H3,(H,14,18)(H,16,17). The summed E-state index contributed by atoms with van der Waals surface area (Å²) in [5.41, 5.74) is 0. The third-order valence-electron chi connectivity index (χ3n) is 3.58. The molecule has 104 valence electrons. The lowest BCUT2D eigenvalue weighted by molar-refractivity contribution is -0.141. The molecule has 0 bridgehead atoms. The molecular formula is C13H24N2O3. The number of urea groups is 1. The van der Waals surface area contributed by atoms with Crippen molar-refractivity contribution in [3.8, 4) is 0 Å². The molecule has 1 aliphatic heterocycles. The molecule has 1 heterocycles. The summed E-state index contributed by atoms with van der Waals surface area (Å²) < 4.78 is 0. The molecule has 2 atom stereocenters. The Kier molecular flexibility index (Phi) is 5.95. The van der Waals surface area contributed by atoms with Crippen LogP contribution in [-0.4, -0.2) is 41.1 Å². The van der Waals surface area contributed by atoms with Crippen LogP contribution in [0.25, 0.3) is 0 Å². The van der Waals surface area contributed by atoms with Crippen molar-refractivity contribution in [3.05, 3.63) is 0 Å². The monoisotopic (exact) mass is 256 g/mol. The molecule has 0 radical (unpaired) electrons. The van der Waals surface area contributed by atoms with Gasteiger partial charge in [-0.1, -0.05) is 6.92 Å². The Morgan fingerprint density at radius 2 is 2.17 bits per heavy atom. The quantitative estimate of drug-likeness (QED) is 0.740. The minimum atomic E-state index is -0.772. The molecule has 0 spiro atoms. The number of piperidine rings is 1. The van der Waals surface area contributed by atoms with Gasteiger partial charge in [-0.15, -0.1) is 0 Å². The summed E-state index contributed by atoms with van der Waals surface area (Å²) in [7, 11) is 0. The van der Waals surface area contributed by atoms with Crippen LogP contribution in [0.4, 0.5) is 4.79 Å². The van der Waals surface area contributed by atoms with E-state index >= 15 is 0 Å². The van der Waals surface area contributed by atoms with Gasteiger partial charge >= 0.3 is 12.0 Å². The second-order valence-electron chi connectivity index (χ2n) is 5.15. The highest BCUT2D eigenvalue weighted by molar-refractivity contribution is 5.74. The molecule has 1 aliphatic rings. The maximum Gasteiger partial charge on any atom is 0.317 e. The first-order chi connectivity index (χ1) is 8.52. The van der Waals surface area contributed by atoms with Crippen LogP contribution in [0.3, 0.4) is 0 Å². The highest BCUT2D eigenvalue weighted by atomic mass is 16.4. The lowest BCUT2D eigenvalue weighted by Crippen LogP contribution is -2.47. The van der Waals surface area contributed by atoms with Crippen LogP contribution < -0.4 is 5.32 Å². The van der Waals surface area contributed by atoms with Crippen LogP contribution in [-0.2, 0) is 4.79 Å². The van der Waals surface area contributed by atoms with Crippen molar-refractivity contribution in [3.63, 3.8) is 0 Å². The van der Waals surface area contributed by atoms with Gasteiger partial charge in [-0.05, 0) is 39.0 Å². The second-order valence-corrected chi connectivity index (χ2v) is 5.15. The summed E-state index contributed by atoms with van der Waals surface area (Å²) in [4.78, 5) is 24.4. The Morgan fingerprint density at radius 3 is 2.78 bits per heavy atom. The van der Waals surface area contributed by atoms with Crippen LogP contribution in [0.5, 0.6) is 0 Å². The number of rotatable bonds is 5. The Balaban J connectivity index is 2.18. The molecule has 2 N–H and O–H groups in total. The van der Waals surface area contributed by atoms with Crippen LogP contribution in [0.15, 0.2) is 0 Å². The molecule has 0 aromatic rings. The summed E-state index contributed by atoms with van der Waals surface area (Å²) >= 11 is 0. The molecule has 5 heteroatoms. The third-order valence-corrected chi connectivity index (χ3v) is 3.58. The molecule has 5 nitrogen and oxygen atoms in total. The minimum absolute atomic E-state index is 0.00909. The predicted octanol–water partition coefficient (Wildman–Crippen LogP) is 2.07. The fraction of sp³-hybridized carbons (Fsp3) is 0.846. The van der Waals surface area contributed by atoms with Crippen molar-refractivity contribution in [1.29, 1.82) is 0 Å². The van der Waals surface area contributed by atoms with Gasteiger partial charge in [-0.2, -0.15) is 0 Å². The molecule has 0 aromatic carbocycles. The maximum atomic E-state index is 11.9. The Morgan fingerprint density at radius 1 is 1.44 bits per heavy atom. The van der Waals surface area contributed by atoms with Gasteiger partial charge in [0.25, 0.3) is 0 Å². The number of likely N-dealkylation sites (tertiary alicyclic amines) is 1. The van der Waals surface area contributed by atoms with Gasteiger partial charge in [0.1, 0.15) is 0 Å². The van der Waals surface area contributed by atoms with E-state index in [1.54, 1.807) is 6.92 Å². The van der Waals surface area contributed by atoms with E-state index in [1.165, 1.54) is 6.42 Å². The first-order valence-corrected chi connectivity index (χ1v) is 6.79. The van der Waals surface area contributed by atoms with Crippen LogP contribution >= 0.6 is 0 Å². The summed E-state index contributed by atoms with van der Waals surface area (Å²) in [6, 6.07) is 0.307. The van der Waals surface area contributed by atoms with E-state index in [-0.39, 0.29) is 11.9 Å². The van der Waals surface area contributed by atoms with Crippen molar-refractivity contribution < 1.29 is 14.7 Å². The van der Waals surface area contributed by atoms with E-state index in [9.17, 15) is 9.59 Å². The van der Waals surface area contributed by atoms with Gasteiger partial charge < -0.3 is 15.3 Å². The smallest absolute Gasteiger partial charge is 0.317 e. The SMILES string of the molecule is CC(CCCNC(=O)N1CCCCC1C)C(=O)O. The Labute approximate surface area is 109 Å². The van der Waals surface area contributed by atoms with Gasteiger partial charge in [-0.3, -0.25) is 4.79 Å². The van der Waals surface area contributed by atoms with Crippen molar-refractivity contribution >= 4 is 12.0 Å². The number of carboxylic acids is 1. The van der Waals surface area contributed by atoms with Crippen molar-refractivity contribution in [2.45, 2.75) is 52.0 Å². The van der Waals surface area contributed by atoms with Crippen molar-refractivity contribution in [2.24, 2.45) is 5.92 Å². The Hall–Kier alpha value is -1.26. The molecule has 0 aliphatic carbocycles. The maximum absolute atomic E-state index is 11.9. The number of carbonyl (C=O) groups is 2. The zero-order chi connectivity index (χ0) is 13.5. The summed E-state index contributed by atoms with van der Waals surface area (Å²) in [5, 5.41) is 11.6. The molecule has 0 aromatic heterocycles. The van der Waals surface area contributed by atoms with Gasteiger partial charge in [0, 0.05) is 19.1 Å². The van der Waals surface area contributed by atoms with Gasteiger partial charge in [0.15, 0.2) is 0 Å². The van der Waals surface area contributed by atoms with E-state index < -0.39 is 5.97 Å². The summed E-state index contributed by atoms with van der Waals surface area (Å²) in [6.45, 7) is 5.15. The first-order valence-electron chi connectivity index (χ1n) is 6.79. The van der Waals surface area contributed by atoms with E-state index in [4.69, 9.17) is 5.11 Å². The van der Waals surface area contributed by atoms with Crippen molar-refractivity contribution in [2.75, 3.05) is 13.1 Å². The fourth-order valence-electron chi connectivity index (χ4n) is 2.23. The second kappa shape index (κ2) is 7.24. The molecular weight excluding hydrogens is 232 g/mol. The number of carbonyl (C=O) groups excluding carboxylic acids is 1. The van der Waals surface area contributed by atoms with Crippen molar-refractivity contribution in [1.82, 2.24) is 10.2 Å². The number of hydrogen-bond donors (Lipinski definition) is 2. The number of aliphatic carboxylic acids is 1. The predicted molar refractivity (Wildman–Crippen MR) is 69.5 cm³/mol. The number of carboxylic acid groups (broad SMARTS) is 1. The van der Waals surface area contributed by atoms with Gasteiger partial charge in [0.2, 0.25) is 0 Å². The molecule has 1 rings (SSSR count). The third kappa shape index (κ3) is 4.55. The zero-order valence-electron chi connectivity index (χ0n) is 11.3. The highest BCUT2D eigenvalue weighted by Crippen LogP contribution is 2.16. The lowest BCUT2D eigenvalue weighted by atomic mass is 10.0. The van der Waals surface area contributed by atoms with Crippen LogP contribution in [0.2, 0.25) is 0 Å². The molecule has 2 amide bonds. The largest absolute Gasteiger partial charge is 0.481 e. The van der Waals surface area contributed by atoms with E-state index in [0.717, 1.165) is 19.4 Å². The molecule has 1 fully saturated rings. The molecule has 0 saturated carbocycles. The number of hydrogen-bond acceptors (Lipinski definition) is 2. The van der Waals surface area contributed by atoms with E-state index in [1.807, 2.05) is 4.90 Å². The average Bonchev–Trinajstić information content (AvgIpc) is 2.34. The summed E-state index contributed by atoms with van der Waals surface area (Å²) in [5.74, 6) is -1.11. The van der Waals surface area contributed by atoms with E-state index in [2.05, 4.69) is 12.2 Å². The highest BCUT2D eigenvalue weighted by Gasteiger charge is 2.22. The minimum Gasteiger partial charge on any atom is -0.481 e. The lowest BCUT2D eigenvalue weighted by Gasteiger charge is -2.33. The zero-order valence-corrected chi connectivity index (χ0v) is 11.3. The number of nitrogens with one attached hydrogen (secondary N) is 1. The molecule has 2 unspecified atom stereocenters. The first kappa shape index (κ1) is 14.8. The van der Waals surface area contributed by atoms with E-state index in [0.29, 0.717) is 25.4 Å². The number of amides is 2. The molecule has 18 heavy (non-hydrogen) atoms. The van der Waals surface area contributed by atoms with Crippen LogP contribution in [0.1, 0.15) is 46.0 Å². The van der Waals surface area contributed by atoms with Gasteiger partial charge in [-0.25, -0.2) is 4.79 Å². The number of nitrogens with zero attached hydrogens (tertiary/aromatic N) is 1. The average molecular weight is 256 g/mol. The van der Waals surface area contributed by atoms with Crippen LogP contribution in [0, 0.1) is 5.92 Å². The fourth-order valence-corrected chi connectivity index (χ4v) is 2.23. The summed E-state index contributed by atoms with van der Waals surface area (Å²) in [6.07, 6.45) is 4.66. The molecule has 1 saturated heterocycles. The Bertz CT molecular complexity index is 294. The van der Waals surface area contributed by atoms with Gasteiger partial charge in [0.05, 0.1) is 5.92 Å². The normalized spacial score (nSPS) is 21.4. The topological polar surface area (TPSA) is 69.6 Å².